The minimum atomic E-state index is -0.501. The molecule has 5 nitrogen and oxygen atoms in total. The maximum atomic E-state index is 12.6. The molecule has 1 saturated heterocycles. The van der Waals surface area contributed by atoms with E-state index in [1.165, 1.54) is 10.8 Å². The summed E-state index contributed by atoms with van der Waals surface area (Å²) < 4.78 is 6.63. The number of fused-ring (bicyclic) bond motifs is 1. The molecule has 2 aromatic carbocycles. The van der Waals surface area contributed by atoms with Crippen molar-refractivity contribution in [3.05, 3.63) is 52.9 Å². The number of likely N-dealkylation sites (tertiary alicyclic amines) is 1. The highest BCUT2D eigenvalue weighted by Crippen LogP contribution is 2.33. The van der Waals surface area contributed by atoms with Crippen molar-refractivity contribution in [1.82, 2.24) is 14.9 Å². The minimum Gasteiger partial charge on any atom is -0.444 e. The zero-order valence-electron chi connectivity index (χ0n) is 16.3. The third-order valence-corrected chi connectivity index (χ3v) is 5.40. The van der Waals surface area contributed by atoms with Crippen LogP contribution in [-0.2, 0) is 4.74 Å². The molecule has 1 unspecified atom stereocenters. The smallest absolute Gasteiger partial charge is 0.410 e. The highest BCUT2D eigenvalue weighted by molar-refractivity contribution is 9.10. The van der Waals surface area contributed by atoms with Crippen molar-refractivity contribution in [2.45, 2.75) is 45.3 Å². The van der Waals surface area contributed by atoms with Gasteiger partial charge < -0.3 is 9.72 Å². The highest BCUT2D eigenvalue weighted by Gasteiger charge is 2.34. The first-order valence-electron chi connectivity index (χ1n) is 9.54. The predicted octanol–water partition coefficient (Wildman–Crippen LogP) is 6.06. The van der Waals surface area contributed by atoms with E-state index in [1.54, 1.807) is 4.90 Å². The van der Waals surface area contributed by atoms with E-state index >= 15 is 0 Å². The van der Waals surface area contributed by atoms with Gasteiger partial charge in [-0.25, -0.2) is 9.78 Å². The van der Waals surface area contributed by atoms with Crippen LogP contribution in [0.5, 0.6) is 0 Å². The van der Waals surface area contributed by atoms with Crippen molar-refractivity contribution in [3.8, 4) is 11.3 Å². The number of benzene rings is 2. The van der Waals surface area contributed by atoms with Crippen LogP contribution < -0.4 is 0 Å². The third kappa shape index (κ3) is 3.92. The number of ether oxygens (including phenoxy) is 1. The highest BCUT2D eigenvalue weighted by atomic mass is 79.9. The Labute approximate surface area is 173 Å². The summed E-state index contributed by atoms with van der Waals surface area (Å²) in [5.41, 5.74) is 1.53. The average molecular weight is 442 g/mol. The van der Waals surface area contributed by atoms with Gasteiger partial charge in [0.25, 0.3) is 0 Å². The maximum absolute atomic E-state index is 12.6. The third-order valence-electron chi connectivity index (χ3n) is 4.91. The van der Waals surface area contributed by atoms with Crippen LogP contribution in [0.4, 0.5) is 4.79 Å². The van der Waals surface area contributed by atoms with E-state index in [2.05, 4.69) is 56.2 Å². The number of nitrogens with zero attached hydrogens (tertiary/aromatic N) is 2. The van der Waals surface area contributed by atoms with E-state index in [1.807, 2.05) is 33.0 Å². The van der Waals surface area contributed by atoms with Gasteiger partial charge in [0, 0.05) is 16.6 Å². The van der Waals surface area contributed by atoms with Crippen LogP contribution in [0, 0.1) is 0 Å². The normalized spacial score (nSPS) is 17.3. The number of rotatable bonds is 2. The van der Waals surface area contributed by atoms with E-state index in [0.717, 1.165) is 34.4 Å². The van der Waals surface area contributed by atoms with Crippen molar-refractivity contribution >= 4 is 32.8 Å². The lowest BCUT2D eigenvalue weighted by atomic mass is 10.1. The molecule has 2 heterocycles. The number of aromatic nitrogens is 2. The van der Waals surface area contributed by atoms with E-state index in [-0.39, 0.29) is 12.1 Å². The standard InChI is InChI=1S/C22H24BrN3O2/c1-22(2,3)28-21(27)26-10-4-5-19(26)20-24-13-18(25-20)16-7-6-15-12-17(23)9-8-14(15)11-16/h6-9,11-13,19H,4-5,10H2,1-3H3,(H,24,25). The second-order valence-corrected chi connectivity index (χ2v) is 9.14. The first-order valence-corrected chi connectivity index (χ1v) is 10.3. The molecule has 0 saturated carbocycles. The van der Waals surface area contributed by atoms with E-state index < -0.39 is 5.60 Å². The lowest BCUT2D eigenvalue weighted by Gasteiger charge is -2.27. The number of hydrogen-bond donors (Lipinski definition) is 1. The van der Waals surface area contributed by atoms with Crippen LogP contribution in [-0.4, -0.2) is 33.1 Å². The van der Waals surface area contributed by atoms with Crippen molar-refractivity contribution in [3.63, 3.8) is 0 Å². The molecule has 1 N–H and O–H groups in total. The Hall–Kier alpha value is -2.34. The van der Waals surface area contributed by atoms with Crippen LogP contribution in [0.3, 0.4) is 0 Å². The number of imidazole rings is 1. The van der Waals surface area contributed by atoms with Crippen LogP contribution in [0.1, 0.15) is 45.5 Å². The van der Waals surface area contributed by atoms with Crippen LogP contribution in [0.2, 0.25) is 0 Å². The first-order chi connectivity index (χ1) is 13.3. The molecular weight excluding hydrogens is 418 g/mol. The number of H-pyrrole nitrogens is 1. The van der Waals surface area contributed by atoms with Gasteiger partial charge in [0.15, 0.2) is 0 Å². The van der Waals surface area contributed by atoms with Crippen LogP contribution in [0.15, 0.2) is 47.1 Å². The molecule has 0 spiro atoms. The maximum Gasteiger partial charge on any atom is 0.410 e. The van der Waals surface area contributed by atoms with Crippen molar-refractivity contribution < 1.29 is 9.53 Å². The van der Waals surface area contributed by atoms with Gasteiger partial charge in [-0.2, -0.15) is 0 Å². The molecule has 146 valence electrons. The van der Waals surface area contributed by atoms with Gasteiger partial charge in [-0.3, -0.25) is 4.90 Å². The topological polar surface area (TPSA) is 58.2 Å². The van der Waals surface area contributed by atoms with Crippen molar-refractivity contribution in [1.29, 1.82) is 0 Å². The average Bonchev–Trinajstić information content (AvgIpc) is 3.29. The summed E-state index contributed by atoms with van der Waals surface area (Å²) in [5.74, 6) is 0.814. The Bertz CT molecular complexity index is 1020. The summed E-state index contributed by atoms with van der Waals surface area (Å²) in [5, 5.41) is 2.36. The monoisotopic (exact) mass is 441 g/mol. The molecule has 3 aromatic rings. The molecule has 6 heteroatoms. The second kappa shape index (κ2) is 7.24. The lowest BCUT2D eigenvalue weighted by molar-refractivity contribution is 0.0219. The Kier molecular flexibility index (Phi) is 4.91. The Morgan fingerprint density at radius 3 is 2.75 bits per heavy atom. The summed E-state index contributed by atoms with van der Waals surface area (Å²) in [6.07, 6.45) is 3.41. The fourth-order valence-electron chi connectivity index (χ4n) is 3.63. The largest absolute Gasteiger partial charge is 0.444 e. The quantitative estimate of drug-likeness (QED) is 0.525. The fourth-order valence-corrected chi connectivity index (χ4v) is 4.01. The van der Waals surface area contributed by atoms with Gasteiger partial charge in [0.1, 0.15) is 11.4 Å². The summed E-state index contributed by atoms with van der Waals surface area (Å²) in [6, 6.07) is 12.5. The van der Waals surface area contributed by atoms with Crippen LogP contribution >= 0.6 is 15.9 Å². The van der Waals surface area contributed by atoms with E-state index in [0.29, 0.717) is 6.54 Å². The Morgan fingerprint density at radius 1 is 1.21 bits per heavy atom. The Morgan fingerprint density at radius 2 is 1.96 bits per heavy atom. The van der Waals surface area contributed by atoms with Crippen LogP contribution in [0.25, 0.3) is 22.0 Å². The molecule has 0 bridgehead atoms. The van der Waals surface area contributed by atoms with Crippen molar-refractivity contribution in [2.75, 3.05) is 6.54 Å². The van der Waals surface area contributed by atoms with Gasteiger partial charge in [-0.15, -0.1) is 0 Å². The number of carbonyl (C=O) groups is 1. The zero-order valence-corrected chi connectivity index (χ0v) is 17.9. The molecule has 0 radical (unpaired) electrons. The Balaban J connectivity index is 1.58. The molecular formula is C22H24BrN3O2. The molecule has 0 aliphatic carbocycles. The summed E-state index contributed by atoms with van der Waals surface area (Å²) in [7, 11) is 0. The second-order valence-electron chi connectivity index (χ2n) is 8.22. The molecule has 1 aliphatic rings. The molecule has 1 fully saturated rings. The number of nitrogens with one attached hydrogen (secondary N) is 1. The lowest BCUT2D eigenvalue weighted by Crippen LogP contribution is -2.36. The summed E-state index contributed by atoms with van der Waals surface area (Å²) in [6.45, 7) is 6.36. The number of carbonyl (C=O) groups excluding carboxylic acids is 1. The molecule has 1 amide bonds. The summed E-state index contributed by atoms with van der Waals surface area (Å²) in [4.78, 5) is 22.3. The molecule has 28 heavy (non-hydrogen) atoms. The van der Waals surface area contributed by atoms with Gasteiger partial charge >= 0.3 is 6.09 Å². The first kappa shape index (κ1) is 19.0. The number of halogens is 1. The van der Waals surface area contributed by atoms with E-state index in [4.69, 9.17) is 4.74 Å². The number of amides is 1. The molecule has 1 atom stereocenters. The number of aromatic amines is 1. The van der Waals surface area contributed by atoms with Gasteiger partial charge in [0.05, 0.1) is 17.9 Å². The zero-order chi connectivity index (χ0) is 19.9. The van der Waals surface area contributed by atoms with Gasteiger partial charge in [-0.05, 0) is 62.6 Å². The predicted molar refractivity (Wildman–Crippen MR) is 114 cm³/mol. The van der Waals surface area contributed by atoms with Crippen molar-refractivity contribution in [2.24, 2.45) is 0 Å². The number of hydrogen-bond acceptors (Lipinski definition) is 3. The molecule has 1 aliphatic heterocycles. The van der Waals surface area contributed by atoms with E-state index in [9.17, 15) is 4.79 Å². The van der Waals surface area contributed by atoms with Gasteiger partial charge in [0.2, 0.25) is 0 Å². The fraction of sp³-hybridized carbons (Fsp3) is 0.364. The molecule has 1 aromatic heterocycles. The SMILES string of the molecule is CC(C)(C)OC(=O)N1CCCC1c1ncc(-c2ccc3cc(Br)ccc3c2)[nH]1. The molecule has 4 rings (SSSR count). The minimum absolute atomic E-state index is 0.0694. The van der Waals surface area contributed by atoms with Gasteiger partial charge in [-0.1, -0.05) is 34.1 Å². The summed E-state index contributed by atoms with van der Waals surface area (Å²) >= 11 is 3.51.